The number of benzene rings is 1. The van der Waals surface area contributed by atoms with E-state index in [2.05, 4.69) is 13.8 Å². The summed E-state index contributed by atoms with van der Waals surface area (Å²) in [4.78, 5) is 1.64. The first kappa shape index (κ1) is 14.9. The van der Waals surface area contributed by atoms with E-state index in [1.54, 1.807) is 11.9 Å². The normalized spacial score (nSPS) is 11.1. The fraction of sp³-hybridized carbons (Fsp3) is 0.571. The van der Waals surface area contributed by atoms with E-state index in [0.29, 0.717) is 31.0 Å². The zero-order valence-electron chi connectivity index (χ0n) is 11.3. The summed E-state index contributed by atoms with van der Waals surface area (Å²) in [6.45, 7) is 5.21. The van der Waals surface area contributed by atoms with Gasteiger partial charge in [0.15, 0.2) is 0 Å². The fourth-order valence-electron chi connectivity index (χ4n) is 1.86. The van der Waals surface area contributed by atoms with Crippen LogP contribution < -0.4 is 10.6 Å². The van der Waals surface area contributed by atoms with Crippen molar-refractivity contribution in [3.05, 3.63) is 29.3 Å². The molecule has 1 aromatic rings. The third kappa shape index (κ3) is 3.95. The lowest BCUT2D eigenvalue weighted by atomic mass is 10.1. The van der Waals surface area contributed by atoms with Gasteiger partial charge in [-0.25, -0.2) is 8.78 Å². The number of nitrogens with two attached hydrogens (primary N) is 1. The second-order valence-corrected chi connectivity index (χ2v) is 5.05. The molecule has 0 heterocycles. The Hall–Kier alpha value is -1.16. The molecule has 2 nitrogen and oxygen atoms in total. The van der Waals surface area contributed by atoms with Crippen LogP contribution >= 0.6 is 0 Å². The first-order valence-electron chi connectivity index (χ1n) is 6.34. The SMILES string of the molecule is CC(C)CCN(C)c1c(F)cc(CCN)cc1F. The number of anilines is 1. The molecule has 4 heteroatoms. The van der Waals surface area contributed by atoms with E-state index in [4.69, 9.17) is 5.73 Å². The number of nitrogens with zero attached hydrogens (tertiary/aromatic N) is 1. The minimum absolute atomic E-state index is 0.0522. The maximum Gasteiger partial charge on any atom is 0.149 e. The molecule has 0 spiro atoms. The zero-order chi connectivity index (χ0) is 13.7. The van der Waals surface area contributed by atoms with E-state index in [9.17, 15) is 8.78 Å². The Morgan fingerprint density at radius 1 is 1.22 bits per heavy atom. The largest absolute Gasteiger partial charge is 0.370 e. The van der Waals surface area contributed by atoms with Crippen molar-refractivity contribution in [3.8, 4) is 0 Å². The molecule has 0 bridgehead atoms. The zero-order valence-corrected chi connectivity index (χ0v) is 11.3. The Morgan fingerprint density at radius 3 is 2.22 bits per heavy atom. The van der Waals surface area contributed by atoms with Gasteiger partial charge in [0.05, 0.1) is 0 Å². The van der Waals surface area contributed by atoms with Crippen LogP contribution in [-0.2, 0) is 6.42 Å². The van der Waals surface area contributed by atoms with Gasteiger partial charge in [0.2, 0.25) is 0 Å². The van der Waals surface area contributed by atoms with Gasteiger partial charge >= 0.3 is 0 Å². The highest BCUT2D eigenvalue weighted by Gasteiger charge is 2.15. The molecule has 2 N–H and O–H groups in total. The smallest absolute Gasteiger partial charge is 0.149 e. The second kappa shape index (κ2) is 6.69. The van der Waals surface area contributed by atoms with Gasteiger partial charge in [0.1, 0.15) is 17.3 Å². The Kier molecular flexibility index (Phi) is 5.54. The fourth-order valence-corrected chi connectivity index (χ4v) is 1.86. The molecule has 0 saturated heterocycles. The molecule has 0 aliphatic heterocycles. The summed E-state index contributed by atoms with van der Waals surface area (Å²) >= 11 is 0. The molecule has 0 amide bonds. The number of rotatable bonds is 6. The van der Waals surface area contributed by atoms with Crippen molar-refractivity contribution in [1.82, 2.24) is 0 Å². The third-order valence-corrected chi connectivity index (χ3v) is 2.93. The maximum absolute atomic E-state index is 13.9. The van der Waals surface area contributed by atoms with Gasteiger partial charge in [0, 0.05) is 13.6 Å². The topological polar surface area (TPSA) is 29.3 Å². The van der Waals surface area contributed by atoms with Crippen molar-refractivity contribution in [2.24, 2.45) is 11.7 Å². The molecule has 0 atom stereocenters. The summed E-state index contributed by atoms with van der Waals surface area (Å²) in [7, 11) is 1.71. The molecule has 0 saturated carbocycles. The van der Waals surface area contributed by atoms with Crippen LogP contribution in [0.2, 0.25) is 0 Å². The van der Waals surface area contributed by atoms with Gasteiger partial charge in [0.25, 0.3) is 0 Å². The molecule has 1 rings (SSSR count). The van der Waals surface area contributed by atoms with E-state index < -0.39 is 11.6 Å². The van der Waals surface area contributed by atoms with E-state index in [1.807, 2.05) is 0 Å². The first-order chi connectivity index (χ1) is 8.45. The highest BCUT2D eigenvalue weighted by atomic mass is 19.1. The summed E-state index contributed by atoms with van der Waals surface area (Å²) in [5, 5.41) is 0. The molecule has 0 aliphatic carbocycles. The molecule has 18 heavy (non-hydrogen) atoms. The van der Waals surface area contributed by atoms with Crippen molar-refractivity contribution < 1.29 is 8.78 Å². The molecule has 0 unspecified atom stereocenters. The van der Waals surface area contributed by atoms with E-state index in [0.717, 1.165) is 6.42 Å². The minimum atomic E-state index is -0.510. The highest BCUT2D eigenvalue weighted by Crippen LogP contribution is 2.24. The number of hydrogen-bond donors (Lipinski definition) is 1. The third-order valence-electron chi connectivity index (χ3n) is 2.93. The van der Waals surface area contributed by atoms with Crippen LogP contribution in [0, 0.1) is 17.6 Å². The molecular weight excluding hydrogens is 234 g/mol. The van der Waals surface area contributed by atoms with Crippen LogP contribution in [0.25, 0.3) is 0 Å². The van der Waals surface area contributed by atoms with Crippen LogP contribution in [0.15, 0.2) is 12.1 Å². The second-order valence-electron chi connectivity index (χ2n) is 5.05. The van der Waals surface area contributed by atoms with E-state index in [1.165, 1.54) is 12.1 Å². The lowest BCUT2D eigenvalue weighted by molar-refractivity contribution is 0.551. The van der Waals surface area contributed by atoms with Crippen LogP contribution in [0.4, 0.5) is 14.5 Å². The van der Waals surface area contributed by atoms with Crippen molar-refractivity contribution in [2.75, 3.05) is 25.0 Å². The van der Waals surface area contributed by atoms with Crippen molar-refractivity contribution in [2.45, 2.75) is 26.7 Å². The van der Waals surface area contributed by atoms with Crippen LogP contribution in [0.3, 0.4) is 0 Å². The number of halogens is 2. The summed E-state index contributed by atoms with van der Waals surface area (Å²) in [6, 6.07) is 2.74. The van der Waals surface area contributed by atoms with Gasteiger partial charge < -0.3 is 10.6 Å². The van der Waals surface area contributed by atoms with Crippen molar-refractivity contribution in [1.29, 1.82) is 0 Å². The maximum atomic E-state index is 13.9. The Balaban J connectivity index is 2.88. The van der Waals surface area contributed by atoms with Gasteiger partial charge in [-0.3, -0.25) is 0 Å². The van der Waals surface area contributed by atoms with Gasteiger partial charge in [-0.2, -0.15) is 0 Å². The molecule has 0 fully saturated rings. The van der Waals surface area contributed by atoms with Crippen LogP contribution in [-0.4, -0.2) is 20.1 Å². The Labute approximate surface area is 108 Å². The summed E-state index contributed by atoms with van der Waals surface area (Å²) < 4.78 is 27.8. The average Bonchev–Trinajstić information content (AvgIpc) is 2.25. The lowest BCUT2D eigenvalue weighted by Gasteiger charge is -2.22. The summed E-state index contributed by atoms with van der Waals surface area (Å²) in [5.74, 6) is -0.510. The molecule has 0 aromatic heterocycles. The summed E-state index contributed by atoms with van der Waals surface area (Å²) in [6.07, 6.45) is 1.39. The quantitative estimate of drug-likeness (QED) is 0.848. The molecule has 102 valence electrons. The monoisotopic (exact) mass is 256 g/mol. The Morgan fingerprint density at radius 2 is 1.78 bits per heavy atom. The van der Waals surface area contributed by atoms with Crippen molar-refractivity contribution >= 4 is 5.69 Å². The molecule has 1 aromatic carbocycles. The van der Waals surface area contributed by atoms with Crippen molar-refractivity contribution in [3.63, 3.8) is 0 Å². The van der Waals surface area contributed by atoms with Crippen LogP contribution in [0.1, 0.15) is 25.8 Å². The van der Waals surface area contributed by atoms with E-state index in [-0.39, 0.29) is 5.69 Å². The van der Waals surface area contributed by atoms with Gasteiger partial charge in [-0.05, 0) is 43.0 Å². The average molecular weight is 256 g/mol. The molecule has 0 aliphatic rings. The predicted octanol–water partition coefficient (Wildman–Crippen LogP) is 2.95. The first-order valence-corrected chi connectivity index (χ1v) is 6.34. The lowest BCUT2D eigenvalue weighted by Crippen LogP contribution is -2.22. The Bertz CT molecular complexity index is 368. The van der Waals surface area contributed by atoms with Gasteiger partial charge in [-0.15, -0.1) is 0 Å². The van der Waals surface area contributed by atoms with E-state index >= 15 is 0 Å². The highest BCUT2D eigenvalue weighted by molar-refractivity contribution is 5.50. The number of hydrogen-bond acceptors (Lipinski definition) is 2. The van der Waals surface area contributed by atoms with Gasteiger partial charge in [-0.1, -0.05) is 13.8 Å². The molecule has 0 radical (unpaired) electrons. The molecular formula is C14H22F2N2. The minimum Gasteiger partial charge on any atom is -0.370 e. The summed E-state index contributed by atoms with van der Waals surface area (Å²) in [5.41, 5.74) is 6.04. The standard InChI is InChI=1S/C14H22F2N2/c1-10(2)5-7-18(3)14-12(15)8-11(4-6-17)9-13(14)16/h8-10H,4-7,17H2,1-3H3. The van der Waals surface area contributed by atoms with Crippen LogP contribution in [0.5, 0.6) is 0 Å². The predicted molar refractivity (Wildman–Crippen MR) is 71.8 cm³/mol.